The molecule has 14 heavy (non-hydrogen) atoms. The third kappa shape index (κ3) is 2.45. The van der Waals surface area contributed by atoms with Crippen molar-refractivity contribution in [3.8, 4) is 0 Å². The van der Waals surface area contributed by atoms with Crippen molar-refractivity contribution >= 4 is 6.29 Å². The molecule has 0 aromatic carbocycles. The maximum Gasteiger partial charge on any atom is 0.166 e. The number of rotatable bonds is 6. The number of aldehydes is 1. The van der Waals surface area contributed by atoms with Gasteiger partial charge in [-0.05, 0) is 18.6 Å². The van der Waals surface area contributed by atoms with Gasteiger partial charge in [-0.2, -0.15) is 0 Å². The minimum absolute atomic E-state index is 0.700. The summed E-state index contributed by atoms with van der Waals surface area (Å²) in [6.45, 7) is 3.71. The third-order valence-electron chi connectivity index (χ3n) is 2.24. The molecule has 0 saturated heterocycles. The highest BCUT2D eigenvalue weighted by molar-refractivity contribution is 5.72. The number of hydrogen-bond donors (Lipinski definition) is 0. The van der Waals surface area contributed by atoms with E-state index in [4.69, 9.17) is 4.74 Å². The van der Waals surface area contributed by atoms with Crippen molar-refractivity contribution in [2.24, 2.45) is 0 Å². The molecule has 1 aromatic rings. The summed E-state index contributed by atoms with van der Waals surface area (Å²) >= 11 is 0. The first-order chi connectivity index (χ1) is 6.83. The standard InChI is InChI=1S/C11H17NO2/c1-3-7-12-10(6-8-14-2)4-5-11(12)9-13/h4-5,9H,3,6-8H2,1-2H3. The first-order valence-electron chi connectivity index (χ1n) is 4.96. The van der Waals surface area contributed by atoms with Gasteiger partial charge in [-0.3, -0.25) is 4.79 Å². The van der Waals surface area contributed by atoms with Gasteiger partial charge in [0, 0.05) is 25.8 Å². The average molecular weight is 195 g/mol. The molecule has 0 unspecified atom stereocenters. The highest BCUT2D eigenvalue weighted by atomic mass is 16.5. The lowest BCUT2D eigenvalue weighted by Crippen LogP contribution is -2.08. The molecular weight excluding hydrogens is 178 g/mol. The molecule has 78 valence electrons. The number of hydrogen-bond acceptors (Lipinski definition) is 2. The van der Waals surface area contributed by atoms with Crippen LogP contribution in [0.25, 0.3) is 0 Å². The van der Waals surface area contributed by atoms with E-state index in [2.05, 4.69) is 11.5 Å². The molecule has 0 fully saturated rings. The lowest BCUT2D eigenvalue weighted by atomic mass is 10.3. The summed E-state index contributed by atoms with van der Waals surface area (Å²) in [4.78, 5) is 10.7. The zero-order chi connectivity index (χ0) is 10.4. The largest absolute Gasteiger partial charge is 0.384 e. The van der Waals surface area contributed by atoms with Crippen LogP contribution in [0.3, 0.4) is 0 Å². The maximum atomic E-state index is 10.7. The van der Waals surface area contributed by atoms with Crippen LogP contribution in [0.2, 0.25) is 0 Å². The molecule has 0 bridgehead atoms. The average Bonchev–Trinajstić information content (AvgIpc) is 2.58. The van der Waals surface area contributed by atoms with Crippen molar-refractivity contribution in [1.29, 1.82) is 0 Å². The molecule has 0 saturated carbocycles. The summed E-state index contributed by atoms with van der Waals surface area (Å²) in [7, 11) is 1.69. The second-order valence-corrected chi connectivity index (χ2v) is 3.26. The van der Waals surface area contributed by atoms with Gasteiger partial charge in [0.2, 0.25) is 0 Å². The van der Waals surface area contributed by atoms with E-state index in [1.165, 1.54) is 5.69 Å². The number of aromatic nitrogens is 1. The normalized spacial score (nSPS) is 10.4. The molecule has 0 aliphatic carbocycles. The van der Waals surface area contributed by atoms with Gasteiger partial charge >= 0.3 is 0 Å². The van der Waals surface area contributed by atoms with Crippen LogP contribution in [-0.2, 0) is 17.7 Å². The molecule has 0 N–H and O–H groups in total. The van der Waals surface area contributed by atoms with E-state index in [9.17, 15) is 4.79 Å². The molecule has 0 aliphatic heterocycles. The summed E-state index contributed by atoms with van der Waals surface area (Å²) in [5.74, 6) is 0. The summed E-state index contributed by atoms with van der Waals surface area (Å²) < 4.78 is 7.08. The summed E-state index contributed by atoms with van der Waals surface area (Å²) in [5.41, 5.74) is 1.94. The maximum absolute atomic E-state index is 10.7. The Morgan fingerprint density at radius 1 is 1.50 bits per heavy atom. The molecule has 3 nitrogen and oxygen atoms in total. The Kier molecular flexibility index (Phi) is 4.40. The van der Waals surface area contributed by atoms with E-state index in [0.29, 0.717) is 6.61 Å². The molecule has 0 aliphatic rings. The molecule has 1 rings (SSSR count). The Hall–Kier alpha value is -1.09. The van der Waals surface area contributed by atoms with Crippen LogP contribution in [-0.4, -0.2) is 24.6 Å². The number of methoxy groups -OCH3 is 1. The molecule has 3 heteroatoms. The minimum Gasteiger partial charge on any atom is -0.384 e. The van der Waals surface area contributed by atoms with Crippen LogP contribution in [0, 0.1) is 0 Å². The van der Waals surface area contributed by atoms with Gasteiger partial charge in [0.15, 0.2) is 6.29 Å². The first-order valence-corrected chi connectivity index (χ1v) is 4.96. The van der Waals surface area contributed by atoms with Gasteiger partial charge in [-0.25, -0.2) is 0 Å². The Bertz CT molecular complexity index is 291. The molecule has 0 atom stereocenters. The fourth-order valence-electron chi connectivity index (χ4n) is 1.55. The second kappa shape index (κ2) is 5.60. The van der Waals surface area contributed by atoms with Crippen LogP contribution in [0.15, 0.2) is 12.1 Å². The monoisotopic (exact) mass is 195 g/mol. The van der Waals surface area contributed by atoms with Gasteiger partial charge in [-0.1, -0.05) is 6.92 Å². The van der Waals surface area contributed by atoms with Crippen LogP contribution in [0.4, 0.5) is 0 Å². The topological polar surface area (TPSA) is 31.2 Å². The molecule has 0 spiro atoms. The predicted molar refractivity (Wildman–Crippen MR) is 55.7 cm³/mol. The lowest BCUT2D eigenvalue weighted by Gasteiger charge is -2.09. The second-order valence-electron chi connectivity index (χ2n) is 3.26. The highest BCUT2D eigenvalue weighted by Gasteiger charge is 2.05. The number of carbonyl (C=O) groups is 1. The van der Waals surface area contributed by atoms with Gasteiger partial charge < -0.3 is 9.30 Å². The van der Waals surface area contributed by atoms with Crippen molar-refractivity contribution in [2.45, 2.75) is 26.3 Å². The molecular formula is C11H17NO2. The van der Waals surface area contributed by atoms with Crippen molar-refractivity contribution in [2.75, 3.05) is 13.7 Å². The van der Waals surface area contributed by atoms with E-state index in [-0.39, 0.29) is 0 Å². The number of carbonyl (C=O) groups excluding carboxylic acids is 1. The number of nitrogens with zero attached hydrogens (tertiary/aromatic N) is 1. The zero-order valence-electron chi connectivity index (χ0n) is 8.82. The van der Waals surface area contributed by atoms with E-state index in [1.807, 2.05) is 12.1 Å². The zero-order valence-corrected chi connectivity index (χ0v) is 8.82. The Morgan fingerprint density at radius 3 is 2.86 bits per heavy atom. The van der Waals surface area contributed by atoms with Crippen LogP contribution in [0.1, 0.15) is 29.5 Å². The molecule has 0 amide bonds. The lowest BCUT2D eigenvalue weighted by molar-refractivity contribution is 0.111. The van der Waals surface area contributed by atoms with Gasteiger partial charge in [0.1, 0.15) is 0 Å². The highest BCUT2D eigenvalue weighted by Crippen LogP contribution is 2.09. The van der Waals surface area contributed by atoms with Gasteiger partial charge in [-0.15, -0.1) is 0 Å². The van der Waals surface area contributed by atoms with Crippen LogP contribution < -0.4 is 0 Å². The number of ether oxygens (including phenoxy) is 1. The quantitative estimate of drug-likeness (QED) is 0.649. The Labute approximate surface area is 84.7 Å². The van der Waals surface area contributed by atoms with E-state index in [1.54, 1.807) is 7.11 Å². The Morgan fingerprint density at radius 2 is 2.29 bits per heavy atom. The third-order valence-corrected chi connectivity index (χ3v) is 2.24. The van der Waals surface area contributed by atoms with Crippen molar-refractivity contribution in [3.05, 3.63) is 23.5 Å². The smallest absolute Gasteiger partial charge is 0.166 e. The van der Waals surface area contributed by atoms with E-state index < -0.39 is 0 Å². The fraction of sp³-hybridized carbons (Fsp3) is 0.545. The van der Waals surface area contributed by atoms with Crippen molar-refractivity contribution < 1.29 is 9.53 Å². The molecule has 0 radical (unpaired) electrons. The van der Waals surface area contributed by atoms with E-state index >= 15 is 0 Å². The summed E-state index contributed by atoms with van der Waals surface area (Å²) in [5, 5.41) is 0. The van der Waals surface area contributed by atoms with Gasteiger partial charge in [0.05, 0.1) is 12.3 Å². The SMILES string of the molecule is CCCn1c(C=O)ccc1CCOC. The van der Waals surface area contributed by atoms with E-state index in [0.717, 1.165) is 31.4 Å². The summed E-state index contributed by atoms with van der Waals surface area (Å²) in [6, 6.07) is 3.87. The molecule has 1 aromatic heterocycles. The van der Waals surface area contributed by atoms with Crippen molar-refractivity contribution in [3.63, 3.8) is 0 Å². The van der Waals surface area contributed by atoms with Gasteiger partial charge in [0.25, 0.3) is 0 Å². The predicted octanol–water partition coefficient (Wildman–Crippen LogP) is 1.90. The Balaban J connectivity index is 2.80. The van der Waals surface area contributed by atoms with Crippen LogP contribution in [0.5, 0.6) is 0 Å². The van der Waals surface area contributed by atoms with Crippen LogP contribution >= 0.6 is 0 Å². The first kappa shape index (κ1) is 11.0. The molecule has 1 heterocycles. The fourth-order valence-corrected chi connectivity index (χ4v) is 1.55. The summed E-state index contributed by atoms with van der Waals surface area (Å²) in [6.07, 6.45) is 2.81. The van der Waals surface area contributed by atoms with Crippen molar-refractivity contribution in [1.82, 2.24) is 4.57 Å². The minimum atomic E-state index is 0.700.